The van der Waals surface area contributed by atoms with Gasteiger partial charge in [-0.2, -0.15) is 0 Å². The van der Waals surface area contributed by atoms with Crippen molar-refractivity contribution in [2.24, 2.45) is 11.7 Å². The number of carbonyl (C=O) groups excluding carboxylic acids is 1. The van der Waals surface area contributed by atoms with Crippen molar-refractivity contribution in [2.45, 2.75) is 44.7 Å². The lowest BCUT2D eigenvalue weighted by Crippen LogP contribution is -2.37. The van der Waals surface area contributed by atoms with E-state index in [1.165, 1.54) is 12.8 Å². The first-order valence-electron chi connectivity index (χ1n) is 7.05. The zero-order valence-corrected chi connectivity index (χ0v) is 14.0. The zero-order chi connectivity index (χ0) is 13.7. The number of halogens is 2. The molecule has 1 saturated carbocycles. The summed E-state index contributed by atoms with van der Waals surface area (Å²) in [6.07, 6.45) is 8.67. The van der Waals surface area contributed by atoms with Gasteiger partial charge in [-0.1, -0.05) is 12.8 Å². The summed E-state index contributed by atoms with van der Waals surface area (Å²) in [7, 11) is 1.86. The molecule has 1 aliphatic rings. The topological polar surface area (TPSA) is 59.2 Å². The highest BCUT2D eigenvalue weighted by Crippen LogP contribution is 2.26. The SMILES string of the molecule is CN(Cc1ccncc1)C(=O)CC1CCCCC1N.Cl.Cl. The van der Waals surface area contributed by atoms with E-state index in [9.17, 15) is 4.79 Å². The molecule has 0 radical (unpaired) electrons. The highest BCUT2D eigenvalue weighted by Gasteiger charge is 2.25. The van der Waals surface area contributed by atoms with Crippen LogP contribution in [0.15, 0.2) is 24.5 Å². The van der Waals surface area contributed by atoms with Crippen LogP contribution in [-0.2, 0) is 11.3 Å². The largest absolute Gasteiger partial charge is 0.341 e. The number of nitrogens with two attached hydrogens (primary N) is 1. The van der Waals surface area contributed by atoms with E-state index < -0.39 is 0 Å². The van der Waals surface area contributed by atoms with Crippen LogP contribution in [0.2, 0.25) is 0 Å². The van der Waals surface area contributed by atoms with Gasteiger partial charge in [0.15, 0.2) is 0 Å². The number of nitrogens with zero attached hydrogens (tertiary/aromatic N) is 2. The number of hydrogen-bond acceptors (Lipinski definition) is 3. The predicted molar refractivity (Wildman–Crippen MR) is 89.8 cm³/mol. The lowest BCUT2D eigenvalue weighted by atomic mass is 9.83. The Bertz CT molecular complexity index is 417. The quantitative estimate of drug-likeness (QED) is 0.921. The minimum absolute atomic E-state index is 0. The van der Waals surface area contributed by atoms with Gasteiger partial charge >= 0.3 is 0 Å². The summed E-state index contributed by atoms with van der Waals surface area (Å²) in [6, 6.07) is 4.08. The minimum Gasteiger partial charge on any atom is -0.341 e. The Morgan fingerprint density at radius 1 is 1.29 bits per heavy atom. The maximum absolute atomic E-state index is 12.2. The van der Waals surface area contributed by atoms with Crippen LogP contribution < -0.4 is 5.73 Å². The number of carbonyl (C=O) groups is 1. The molecule has 21 heavy (non-hydrogen) atoms. The van der Waals surface area contributed by atoms with E-state index in [1.54, 1.807) is 17.3 Å². The molecular weight excluding hydrogens is 309 g/mol. The first-order valence-corrected chi connectivity index (χ1v) is 7.05. The number of hydrogen-bond donors (Lipinski definition) is 1. The van der Waals surface area contributed by atoms with Crippen LogP contribution in [0.1, 0.15) is 37.7 Å². The van der Waals surface area contributed by atoms with E-state index in [1.807, 2.05) is 19.2 Å². The number of pyridine rings is 1. The van der Waals surface area contributed by atoms with Gasteiger partial charge in [-0.15, -0.1) is 24.8 Å². The summed E-state index contributed by atoms with van der Waals surface area (Å²) >= 11 is 0. The van der Waals surface area contributed by atoms with Crippen molar-refractivity contribution in [1.82, 2.24) is 9.88 Å². The first kappa shape index (κ1) is 20.2. The van der Waals surface area contributed by atoms with E-state index in [4.69, 9.17) is 5.73 Å². The van der Waals surface area contributed by atoms with Crippen LogP contribution in [0.3, 0.4) is 0 Å². The van der Waals surface area contributed by atoms with Crippen molar-refractivity contribution in [1.29, 1.82) is 0 Å². The Labute approximate surface area is 139 Å². The van der Waals surface area contributed by atoms with E-state index in [0.717, 1.165) is 18.4 Å². The summed E-state index contributed by atoms with van der Waals surface area (Å²) in [5, 5.41) is 0. The molecule has 6 heteroatoms. The van der Waals surface area contributed by atoms with Crippen molar-refractivity contribution in [2.75, 3.05) is 7.05 Å². The van der Waals surface area contributed by atoms with E-state index in [-0.39, 0.29) is 36.8 Å². The van der Waals surface area contributed by atoms with Crippen molar-refractivity contribution < 1.29 is 4.79 Å². The summed E-state index contributed by atoms with van der Waals surface area (Å²) in [5.41, 5.74) is 7.21. The smallest absolute Gasteiger partial charge is 0.222 e. The molecule has 120 valence electrons. The van der Waals surface area contributed by atoms with Crippen LogP contribution in [0.25, 0.3) is 0 Å². The third-order valence-corrected chi connectivity index (χ3v) is 4.00. The maximum atomic E-state index is 12.2. The third-order valence-electron chi connectivity index (χ3n) is 4.00. The first-order chi connectivity index (χ1) is 9.16. The lowest BCUT2D eigenvalue weighted by molar-refractivity contribution is -0.131. The molecule has 0 bridgehead atoms. The van der Waals surface area contributed by atoms with Gasteiger partial charge in [-0.25, -0.2) is 0 Å². The van der Waals surface area contributed by atoms with Crippen LogP contribution >= 0.6 is 24.8 Å². The second-order valence-corrected chi connectivity index (χ2v) is 5.52. The van der Waals surface area contributed by atoms with Crippen LogP contribution in [0.5, 0.6) is 0 Å². The molecule has 0 spiro atoms. The highest BCUT2D eigenvalue weighted by atomic mass is 35.5. The van der Waals surface area contributed by atoms with Crippen LogP contribution in [0.4, 0.5) is 0 Å². The molecule has 0 aromatic carbocycles. The van der Waals surface area contributed by atoms with E-state index in [0.29, 0.717) is 18.9 Å². The predicted octanol–water partition coefficient (Wildman–Crippen LogP) is 2.79. The summed E-state index contributed by atoms with van der Waals surface area (Å²) in [5.74, 6) is 0.556. The fourth-order valence-electron chi connectivity index (χ4n) is 2.72. The molecule has 1 heterocycles. The van der Waals surface area contributed by atoms with Crippen LogP contribution in [-0.4, -0.2) is 28.9 Å². The fraction of sp³-hybridized carbons (Fsp3) is 0.600. The molecule has 1 aromatic heterocycles. The number of amides is 1. The molecule has 1 aromatic rings. The van der Waals surface area contributed by atoms with Gasteiger partial charge in [0.25, 0.3) is 0 Å². The van der Waals surface area contributed by atoms with Gasteiger partial charge in [-0.3, -0.25) is 9.78 Å². The van der Waals surface area contributed by atoms with Crippen LogP contribution in [0, 0.1) is 5.92 Å². The van der Waals surface area contributed by atoms with Gasteiger partial charge < -0.3 is 10.6 Å². The van der Waals surface area contributed by atoms with Crippen molar-refractivity contribution in [3.8, 4) is 0 Å². The standard InChI is InChI=1S/C15H23N3O.2ClH/c1-18(11-12-6-8-17-9-7-12)15(19)10-13-4-2-3-5-14(13)16;;/h6-9,13-14H,2-5,10-11,16H2,1H3;2*1H. The molecule has 1 fully saturated rings. The van der Waals surface area contributed by atoms with Crippen molar-refractivity contribution >= 4 is 30.7 Å². The van der Waals surface area contributed by atoms with Gasteiger partial charge in [0.05, 0.1) is 0 Å². The number of aromatic nitrogens is 1. The van der Waals surface area contributed by atoms with Gasteiger partial charge in [0.2, 0.25) is 5.91 Å². The van der Waals surface area contributed by atoms with Crippen molar-refractivity contribution in [3.05, 3.63) is 30.1 Å². The molecule has 2 atom stereocenters. The molecule has 1 amide bonds. The molecule has 2 unspecified atom stereocenters. The van der Waals surface area contributed by atoms with E-state index in [2.05, 4.69) is 4.98 Å². The Morgan fingerprint density at radius 2 is 1.90 bits per heavy atom. The molecule has 2 N–H and O–H groups in total. The second-order valence-electron chi connectivity index (χ2n) is 5.52. The summed E-state index contributed by atoms with van der Waals surface area (Å²) in [6.45, 7) is 0.642. The lowest BCUT2D eigenvalue weighted by Gasteiger charge is -2.29. The Hall–Kier alpha value is -0.840. The maximum Gasteiger partial charge on any atom is 0.222 e. The molecule has 2 rings (SSSR count). The molecular formula is C15H25Cl2N3O. The highest BCUT2D eigenvalue weighted by molar-refractivity contribution is 5.85. The monoisotopic (exact) mass is 333 g/mol. The fourth-order valence-corrected chi connectivity index (χ4v) is 2.72. The minimum atomic E-state index is 0. The third kappa shape index (κ3) is 6.20. The number of rotatable bonds is 4. The Morgan fingerprint density at radius 3 is 2.52 bits per heavy atom. The molecule has 1 aliphatic carbocycles. The molecule has 0 aliphatic heterocycles. The average molecular weight is 334 g/mol. The van der Waals surface area contributed by atoms with Gasteiger partial charge in [-0.05, 0) is 36.5 Å². The second kappa shape index (κ2) is 9.98. The average Bonchev–Trinajstić information content (AvgIpc) is 2.42. The zero-order valence-electron chi connectivity index (χ0n) is 12.4. The summed E-state index contributed by atoms with van der Waals surface area (Å²) in [4.78, 5) is 18.0. The normalized spacial score (nSPS) is 20.9. The van der Waals surface area contributed by atoms with Gasteiger partial charge in [0, 0.05) is 38.4 Å². The van der Waals surface area contributed by atoms with Gasteiger partial charge in [0.1, 0.15) is 0 Å². The molecule has 0 saturated heterocycles. The Balaban J connectivity index is 0.00000200. The van der Waals surface area contributed by atoms with Crippen molar-refractivity contribution in [3.63, 3.8) is 0 Å². The molecule has 4 nitrogen and oxygen atoms in total. The Kier molecular flexibility index (Phi) is 9.58. The summed E-state index contributed by atoms with van der Waals surface area (Å²) < 4.78 is 0. The van der Waals surface area contributed by atoms with E-state index >= 15 is 0 Å².